The van der Waals surface area contributed by atoms with E-state index in [9.17, 15) is 0 Å². The van der Waals surface area contributed by atoms with Gasteiger partial charge in [-0.15, -0.1) is 0 Å². The highest BCUT2D eigenvalue weighted by atomic mass is 16.3. The van der Waals surface area contributed by atoms with Gasteiger partial charge in [0.1, 0.15) is 0 Å². The van der Waals surface area contributed by atoms with Crippen LogP contribution in [0.2, 0.25) is 0 Å². The SMILES string of the molecule is NC1CCCCc2cn(Cc3ccc(CO)cc3)cc21. The summed E-state index contributed by atoms with van der Waals surface area (Å²) in [5.74, 6) is 0. The first-order valence-electron chi connectivity index (χ1n) is 7.39. The normalized spacial score (nSPS) is 18.6. The minimum Gasteiger partial charge on any atom is -0.392 e. The van der Waals surface area contributed by atoms with Crippen LogP contribution in [0.25, 0.3) is 0 Å². The summed E-state index contributed by atoms with van der Waals surface area (Å²) in [4.78, 5) is 0. The van der Waals surface area contributed by atoms with Crippen molar-refractivity contribution in [2.24, 2.45) is 5.73 Å². The lowest BCUT2D eigenvalue weighted by atomic mass is 10.1. The first-order valence-corrected chi connectivity index (χ1v) is 7.39. The Balaban J connectivity index is 1.79. The molecule has 3 nitrogen and oxygen atoms in total. The van der Waals surface area contributed by atoms with Crippen molar-refractivity contribution in [1.29, 1.82) is 0 Å². The highest BCUT2D eigenvalue weighted by Gasteiger charge is 2.17. The Bertz CT molecular complexity index is 571. The number of aromatic nitrogens is 1. The lowest BCUT2D eigenvalue weighted by Gasteiger charge is -2.08. The molecule has 0 amide bonds. The standard InChI is InChI=1S/C17H22N2O/c18-17-4-2-1-3-15-10-19(11-16(15)17)9-13-5-7-14(12-20)8-6-13/h5-8,10-11,17,20H,1-4,9,12,18H2. The van der Waals surface area contributed by atoms with E-state index in [4.69, 9.17) is 10.8 Å². The van der Waals surface area contributed by atoms with Crippen LogP contribution < -0.4 is 5.73 Å². The fourth-order valence-electron chi connectivity index (χ4n) is 3.00. The number of aliphatic hydroxyl groups excluding tert-OH is 1. The Hall–Kier alpha value is -1.58. The zero-order valence-electron chi connectivity index (χ0n) is 11.8. The molecular formula is C17H22N2O. The average Bonchev–Trinajstić information content (AvgIpc) is 2.79. The average molecular weight is 270 g/mol. The third kappa shape index (κ3) is 2.79. The summed E-state index contributed by atoms with van der Waals surface area (Å²) < 4.78 is 2.24. The van der Waals surface area contributed by atoms with Crippen LogP contribution in [0, 0.1) is 0 Å². The fraction of sp³-hybridized carbons (Fsp3) is 0.412. The van der Waals surface area contributed by atoms with Gasteiger partial charge in [-0.05, 0) is 41.5 Å². The number of aliphatic hydroxyl groups is 1. The van der Waals surface area contributed by atoms with E-state index < -0.39 is 0 Å². The number of rotatable bonds is 3. The first kappa shape index (κ1) is 13.4. The predicted octanol–water partition coefficient (Wildman–Crippen LogP) is 2.75. The minimum absolute atomic E-state index is 0.104. The molecule has 1 aromatic heterocycles. The number of hydrogen-bond acceptors (Lipinski definition) is 2. The largest absolute Gasteiger partial charge is 0.392 e. The van der Waals surface area contributed by atoms with Crippen LogP contribution in [-0.2, 0) is 19.6 Å². The second-order valence-electron chi connectivity index (χ2n) is 5.74. The molecule has 0 saturated heterocycles. The summed E-state index contributed by atoms with van der Waals surface area (Å²) in [6.07, 6.45) is 9.20. The van der Waals surface area contributed by atoms with Crippen LogP contribution >= 0.6 is 0 Å². The summed E-state index contributed by atoms with van der Waals surface area (Å²) >= 11 is 0. The molecule has 3 heteroatoms. The number of nitrogens with zero attached hydrogens (tertiary/aromatic N) is 1. The molecule has 1 heterocycles. The number of aryl methyl sites for hydroxylation is 1. The molecule has 0 radical (unpaired) electrons. The van der Waals surface area contributed by atoms with Crippen LogP contribution in [0.4, 0.5) is 0 Å². The molecule has 3 rings (SSSR count). The molecule has 1 aliphatic carbocycles. The third-order valence-electron chi connectivity index (χ3n) is 4.18. The Morgan fingerprint density at radius 1 is 1.10 bits per heavy atom. The minimum atomic E-state index is 0.104. The van der Waals surface area contributed by atoms with Crippen molar-refractivity contribution >= 4 is 0 Å². The van der Waals surface area contributed by atoms with E-state index in [-0.39, 0.29) is 12.6 Å². The van der Waals surface area contributed by atoms with Gasteiger partial charge in [-0.2, -0.15) is 0 Å². The number of fused-ring (bicyclic) bond motifs is 1. The Morgan fingerprint density at radius 3 is 2.60 bits per heavy atom. The van der Waals surface area contributed by atoms with E-state index in [2.05, 4.69) is 29.1 Å². The predicted molar refractivity (Wildman–Crippen MR) is 80.4 cm³/mol. The Morgan fingerprint density at radius 2 is 1.85 bits per heavy atom. The first-order chi connectivity index (χ1) is 9.76. The Labute approximate surface area is 120 Å². The molecule has 1 aliphatic rings. The van der Waals surface area contributed by atoms with Crippen LogP contribution in [0.15, 0.2) is 36.7 Å². The number of hydrogen-bond donors (Lipinski definition) is 2. The molecule has 0 fully saturated rings. The summed E-state index contributed by atoms with van der Waals surface area (Å²) in [6.45, 7) is 0.971. The van der Waals surface area contributed by atoms with Crippen molar-refractivity contribution in [3.63, 3.8) is 0 Å². The quantitative estimate of drug-likeness (QED) is 0.843. The molecule has 106 valence electrons. The highest BCUT2D eigenvalue weighted by molar-refractivity contribution is 5.30. The molecule has 1 unspecified atom stereocenters. The Kier molecular flexibility index (Phi) is 3.90. The highest BCUT2D eigenvalue weighted by Crippen LogP contribution is 2.28. The van der Waals surface area contributed by atoms with Gasteiger partial charge in [0.2, 0.25) is 0 Å². The number of nitrogens with two attached hydrogens (primary N) is 1. The summed E-state index contributed by atoms with van der Waals surface area (Å²) in [5, 5.41) is 9.07. The molecule has 20 heavy (non-hydrogen) atoms. The van der Waals surface area contributed by atoms with Crippen molar-refractivity contribution in [2.75, 3.05) is 0 Å². The molecule has 0 aliphatic heterocycles. The lowest BCUT2D eigenvalue weighted by Crippen LogP contribution is -2.09. The lowest BCUT2D eigenvalue weighted by molar-refractivity contribution is 0.282. The van der Waals surface area contributed by atoms with E-state index in [0.717, 1.165) is 24.9 Å². The van der Waals surface area contributed by atoms with Crippen molar-refractivity contribution in [3.8, 4) is 0 Å². The van der Waals surface area contributed by atoms with Crippen molar-refractivity contribution in [1.82, 2.24) is 4.57 Å². The maximum Gasteiger partial charge on any atom is 0.0681 e. The zero-order chi connectivity index (χ0) is 13.9. The third-order valence-corrected chi connectivity index (χ3v) is 4.18. The van der Waals surface area contributed by atoms with Gasteiger partial charge in [0.25, 0.3) is 0 Å². The smallest absolute Gasteiger partial charge is 0.0681 e. The molecule has 1 atom stereocenters. The van der Waals surface area contributed by atoms with E-state index in [1.807, 2.05) is 12.1 Å². The van der Waals surface area contributed by atoms with Crippen LogP contribution in [0.1, 0.15) is 47.6 Å². The topological polar surface area (TPSA) is 51.2 Å². The molecule has 2 aromatic rings. The monoisotopic (exact) mass is 270 g/mol. The molecule has 3 N–H and O–H groups in total. The van der Waals surface area contributed by atoms with E-state index in [1.165, 1.54) is 29.5 Å². The number of benzene rings is 1. The van der Waals surface area contributed by atoms with Gasteiger partial charge in [-0.25, -0.2) is 0 Å². The summed E-state index contributed by atoms with van der Waals surface area (Å²) in [7, 11) is 0. The summed E-state index contributed by atoms with van der Waals surface area (Å²) in [5.41, 5.74) is 11.2. The summed E-state index contributed by atoms with van der Waals surface area (Å²) in [6, 6.07) is 8.32. The maximum atomic E-state index is 9.07. The second kappa shape index (κ2) is 5.81. The van der Waals surface area contributed by atoms with Crippen molar-refractivity contribution < 1.29 is 5.11 Å². The van der Waals surface area contributed by atoms with Gasteiger partial charge in [0.15, 0.2) is 0 Å². The van der Waals surface area contributed by atoms with Crippen molar-refractivity contribution in [3.05, 3.63) is 58.9 Å². The maximum absolute atomic E-state index is 9.07. The van der Waals surface area contributed by atoms with Crippen LogP contribution in [0.3, 0.4) is 0 Å². The fourth-order valence-corrected chi connectivity index (χ4v) is 3.00. The van der Waals surface area contributed by atoms with E-state index in [1.54, 1.807) is 0 Å². The van der Waals surface area contributed by atoms with Crippen LogP contribution in [-0.4, -0.2) is 9.67 Å². The molecule has 1 aromatic carbocycles. The molecular weight excluding hydrogens is 248 g/mol. The van der Waals surface area contributed by atoms with Gasteiger partial charge in [-0.1, -0.05) is 30.7 Å². The molecule has 0 spiro atoms. The van der Waals surface area contributed by atoms with Gasteiger partial charge in [-0.3, -0.25) is 0 Å². The zero-order valence-corrected chi connectivity index (χ0v) is 11.8. The van der Waals surface area contributed by atoms with Gasteiger partial charge in [0, 0.05) is 25.0 Å². The van der Waals surface area contributed by atoms with E-state index >= 15 is 0 Å². The van der Waals surface area contributed by atoms with Gasteiger partial charge in [0.05, 0.1) is 6.61 Å². The van der Waals surface area contributed by atoms with Gasteiger partial charge >= 0.3 is 0 Å². The van der Waals surface area contributed by atoms with Gasteiger partial charge < -0.3 is 15.4 Å². The molecule has 0 saturated carbocycles. The van der Waals surface area contributed by atoms with Crippen molar-refractivity contribution in [2.45, 2.75) is 44.9 Å². The van der Waals surface area contributed by atoms with Crippen LogP contribution in [0.5, 0.6) is 0 Å². The van der Waals surface area contributed by atoms with E-state index in [0.29, 0.717) is 0 Å². The molecule has 0 bridgehead atoms. The second-order valence-corrected chi connectivity index (χ2v) is 5.74.